The molecule has 96 valence electrons. The number of thioether (sulfide) groups is 1. The second-order valence-electron chi connectivity index (χ2n) is 3.97. The van der Waals surface area contributed by atoms with Gasteiger partial charge in [0.1, 0.15) is 5.51 Å². The van der Waals surface area contributed by atoms with Gasteiger partial charge in [0.15, 0.2) is 4.34 Å². The highest BCUT2D eigenvalue weighted by atomic mass is 32.2. The Kier molecular flexibility index (Phi) is 5.16. The van der Waals surface area contributed by atoms with Gasteiger partial charge in [-0.25, -0.2) is 0 Å². The van der Waals surface area contributed by atoms with Crippen molar-refractivity contribution >= 4 is 23.1 Å². The van der Waals surface area contributed by atoms with Gasteiger partial charge in [-0.05, 0) is 12.1 Å². The molecule has 0 aliphatic heterocycles. The maximum absolute atomic E-state index is 4.10. The Morgan fingerprint density at radius 3 is 2.72 bits per heavy atom. The zero-order valence-corrected chi connectivity index (χ0v) is 12.2. The molecule has 0 spiro atoms. The van der Waals surface area contributed by atoms with Crippen LogP contribution in [0.1, 0.15) is 25.5 Å². The van der Waals surface area contributed by atoms with Gasteiger partial charge in [-0.1, -0.05) is 67.3 Å². The van der Waals surface area contributed by atoms with E-state index in [0.29, 0.717) is 11.3 Å². The molecule has 3 nitrogen and oxygen atoms in total. The van der Waals surface area contributed by atoms with Gasteiger partial charge in [-0.2, -0.15) is 0 Å². The number of rotatable bonds is 6. The molecule has 1 heterocycles. The average Bonchev–Trinajstić information content (AvgIpc) is 2.89. The van der Waals surface area contributed by atoms with Crippen molar-refractivity contribution in [3.05, 3.63) is 41.4 Å². The molecule has 0 bridgehead atoms. The van der Waals surface area contributed by atoms with Crippen LogP contribution in [0.2, 0.25) is 0 Å². The summed E-state index contributed by atoms with van der Waals surface area (Å²) in [6.07, 6.45) is 0. The lowest BCUT2D eigenvalue weighted by molar-refractivity contribution is 0.548. The molecule has 0 aliphatic rings. The highest BCUT2D eigenvalue weighted by Gasteiger charge is 2.20. The van der Waals surface area contributed by atoms with E-state index in [1.165, 1.54) is 5.56 Å². The largest absolute Gasteiger partial charge is 0.309 e. The molecule has 5 heteroatoms. The van der Waals surface area contributed by atoms with E-state index in [9.17, 15) is 0 Å². The van der Waals surface area contributed by atoms with Gasteiger partial charge in [0.2, 0.25) is 0 Å². The molecule has 0 fully saturated rings. The number of benzene rings is 1. The molecule has 1 N–H and O–H groups in total. The van der Waals surface area contributed by atoms with Gasteiger partial charge in [0.05, 0.1) is 0 Å². The van der Waals surface area contributed by atoms with Crippen LogP contribution in [0.25, 0.3) is 0 Å². The van der Waals surface area contributed by atoms with E-state index in [-0.39, 0.29) is 0 Å². The Morgan fingerprint density at radius 1 is 1.33 bits per heavy atom. The number of nitrogens with zero attached hydrogens (tertiary/aromatic N) is 2. The van der Waals surface area contributed by atoms with Crippen molar-refractivity contribution < 1.29 is 0 Å². The summed E-state index contributed by atoms with van der Waals surface area (Å²) >= 11 is 3.37. The molecular formula is C13H17N3S2. The van der Waals surface area contributed by atoms with E-state index in [0.717, 1.165) is 10.9 Å². The molecule has 0 amide bonds. The zero-order valence-electron chi connectivity index (χ0n) is 10.5. The summed E-state index contributed by atoms with van der Waals surface area (Å²) in [4.78, 5) is 0. The van der Waals surface area contributed by atoms with Crippen molar-refractivity contribution in [2.24, 2.45) is 0 Å². The van der Waals surface area contributed by atoms with E-state index in [4.69, 9.17) is 0 Å². The number of hydrogen-bond acceptors (Lipinski definition) is 5. The van der Waals surface area contributed by atoms with E-state index in [2.05, 4.69) is 59.7 Å². The Balaban J connectivity index is 2.09. The lowest BCUT2D eigenvalue weighted by atomic mass is 10.0. The Labute approximate surface area is 116 Å². The third-order valence-electron chi connectivity index (χ3n) is 2.68. The van der Waals surface area contributed by atoms with Crippen molar-refractivity contribution in [1.82, 2.24) is 15.5 Å². The van der Waals surface area contributed by atoms with Crippen LogP contribution in [0.4, 0.5) is 0 Å². The summed E-state index contributed by atoms with van der Waals surface area (Å²) in [5.74, 6) is 0. The summed E-state index contributed by atoms with van der Waals surface area (Å²) in [5, 5.41) is 11.9. The summed E-state index contributed by atoms with van der Waals surface area (Å²) in [7, 11) is 0. The molecule has 2 rings (SSSR count). The van der Waals surface area contributed by atoms with Crippen LogP contribution in [0, 0.1) is 0 Å². The Hall–Kier alpha value is -0.910. The van der Waals surface area contributed by atoms with Crippen molar-refractivity contribution in [3.63, 3.8) is 0 Å². The molecule has 0 saturated heterocycles. The first kappa shape index (κ1) is 13.5. The third-order valence-corrected chi connectivity index (χ3v) is 4.67. The van der Waals surface area contributed by atoms with E-state index in [1.54, 1.807) is 28.6 Å². The van der Waals surface area contributed by atoms with Gasteiger partial charge >= 0.3 is 0 Å². The second kappa shape index (κ2) is 6.87. The van der Waals surface area contributed by atoms with Crippen molar-refractivity contribution in [1.29, 1.82) is 0 Å². The van der Waals surface area contributed by atoms with Crippen LogP contribution >= 0.6 is 23.1 Å². The van der Waals surface area contributed by atoms with Crippen molar-refractivity contribution in [2.75, 3.05) is 6.54 Å². The molecule has 18 heavy (non-hydrogen) atoms. The molecule has 2 unspecified atom stereocenters. The zero-order chi connectivity index (χ0) is 12.8. The summed E-state index contributed by atoms with van der Waals surface area (Å²) in [6, 6.07) is 10.9. The van der Waals surface area contributed by atoms with Gasteiger partial charge in [0.25, 0.3) is 0 Å². The summed E-state index contributed by atoms with van der Waals surface area (Å²) in [6.45, 7) is 5.32. The van der Waals surface area contributed by atoms with E-state index < -0.39 is 0 Å². The molecule has 2 atom stereocenters. The molecule has 0 aliphatic carbocycles. The van der Waals surface area contributed by atoms with E-state index >= 15 is 0 Å². The molecule has 2 aromatic rings. The lowest BCUT2D eigenvalue weighted by Crippen LogP contribution is -2.28. The fourth-order valence-corrected chi connectivity index (χ4v) is 3.76. The first-order valence-corrected chi connectivity index (χ1v) is 7.78. The molecule has 1 aromatic carbocycles. The van der Waals surface area contributed by atoms with Gasteiger partial charge in [-0.15, -0.1) is 10.2 Å². The smallest absolute Gasteiger partial charge is 0.174 e. The minimum absolute atomic E-state index is 0.338. The first-order valence-electron chi connectivity index (χ1n) is 6.02. The maximum Gasteiger partial charge on any atom is 0.174 e. The van der Waals surface area contributed by atoms with E-state index in [1.807, 2.05) is 0 Å². The van der Waals surface area contributed by atoms with Crippen LogP contribution in [0.3, 0.4) is 0 Å². The van der Waals surface area contributed by atoms with Gasteiger partial charge < -0.3 is 5.32 Å². The predicted molar refractivity (Wildman–Crippen MR) is 78.1 cm³/mol. The number of nitrogens with one attached hydrogen (secondary N) is 1. The standard InChI is InChI=1S/C13H17N3S2/c1-3-14-12(11-7-5-4-6-8-11)10(2)18-13-16-15-9-17-13/h4-10,12,14H,3H2,1-2H3. The Bertz CT molecular complexity index is 445. The molecule has 0 radical (unpaired) electrons. The second-order valence-corrected chi connectivity index (χ2v) is 6.43. The van der Waals surface area contributed by atoms with Crippen LogP contribution in [0.15, 0.2) is 40.2 Å². The number of aromatic nitrogens is 2. The summed E-state index contributed by atoms with van der Waals surface area (Å²) in [5.41, 5.74) is 3.10. The van der Waals surface area contributed by atoms with Crippen molar-refractivity contribution in [3.8, 4) is 0 Å². The number of hydrogen-bond donors (Lipinski definition) is 1. The lowest BCUT2D eigenvalue weighted by Gasteiger charge is -2.24. The predicted octanol–water partition coefficient (Wildman–Crippen LogP) is 3.37. The fourth-order valence-electron chi connectivity index (χ4n) is 1.88. The van der Waals surface area contributed by atoms with Crippen LogP contribution in [0.5, 0.6) is 0 Å². The molecule has 1 aromatic heterocycles. The van der Waals surface area contributed by atoms with Crippen LogP contribution in [-0.4, -0.2) is 22.0 Å². The monoisotopic (exact) mass is 279 g/mol. The molecule has 0 saturated carbocycles. The maximum atomic E-state index is 4.10. The highest BCUT2D eigenvalue weighted by Crippen LogP contribution is 2.32. The third kappa shape index (κ3) is 3.54. The average molecular weight is 279 g/mol. The Morgan fingerprint density at radius 2 is 2.11 bits per heavy atom. The van der Waals surface area contributed by atoms with Gasteiger partial charge in [0, 0.05) is 11.3 Å². The highest BCUT2D eigenvalue weighted by molar-refractivity contribution is 8.01. The fraction of sp³-hybridized carbons (Fsp3) is 0.385. The van der Waals surface area contributed by atoms with Crippen LogP contribution < -0.4 is 5.32 Å². The van der Waals surface area contributed by atoms with Crippen molar-refractivity contribution in [2.45, 2.75) is 29.5 Å². The minimum atomic E-state index is 0.338. The SMILES string of the molecule is CCNC(c1ccccc1)C(C)Sc1nncs1. The topological polar surface area (TPSA) is 37.8 Å². The minimum Gasteiger partial charge on any atom is -0.309 e. The van der Waals surface area contributed by atoms with Gasteiger partial charge in [-0.3, -0.25) is 0 Å². The summed E-state index contributed by atoms with van der Waals surface area (Å²) < 4.78 is 1.03. The quantitative estimate of drug-likeness (QED) is 0.823. The van der Waals surface area contributed by atoms with Crippen LogP contribution in [-0.2, 0) is 0 Å². The normalized spacial score (nSPS) is 14.3. The first-order chi connectivity index (χ1) is 8.81. The molecular weight excluding hydrogens is 262 g/mol.